The first-order chi connectivity index (χ1) is 12.0. The number of H-pyrrole nitrogens is 1. The van der Waals surface area contributed by atoms with Crippen molar-refractivity contribution in [2.75, 3.05) is 0 Å². The Morgan fingerprint density at radius 3 is 2.80 bits per heavy atom. The largest absolute Gasteiger partial charge is 0.322 e. The summed E-state index contributed by atoms with van der Waals surface area (Å²) in [5.74, 6) is 0.170. The lowest BCUT2D eigenvalue weighted by Gasteiger charge is -2.30. The Morgan fingerprint density at radius 1 is 1.20 bits per heavy atom. The molecule has 1 N–H and O–H groups in total. The molecule has 124 valence electrons. The van der Waals surface area contributed by atoms with Crippen molar-refractivity contribution in [3.63, 3.8) is 0 Å². The topological polar surface area (TPSA) is 56.6 Å². The van der Waals surface area contributed by atoms with Crippen molar-refractivity contribution in [3.8, 4) is 6.07 Å². The van der Waals surface area contributed by atoms with Gasteiger partial charge in [-0.1, -0.05) is 36.4 Å². The number of aromatic amines is 1. The molecule has 1 aliphatic rings. The maximum absolute atomic E-state index is 12.0. The second-order valence-electron chi connectivity index (χ2n) is 7.19. The molecule has 1 aliphatic carbocycles. The van der Waals surface area contributed by atoms with Gasteiger partial charge in [-0.3, -0.25) is 4.79 Å². The zero-order valence-electron chi connectivity index (χ0n) is 14.5. The molecule has 25 heavy (non-hydrogen) atoms. The van der Waals surface area contributed by atoms with Crippen LogP contribution in [0.3, 0.4) is 0 Å². The van der Waals surface area contributed by atoms with E-state index < -0.39 is 5.41 Å². The van der Waals surface area contributed by atoms with Gasteiger partial charge in [0.1, 0.15) is 0 Å². The number of hydrogen-bond donors (Lipinski definition) is 1. The molecule has 0 fully saturated rings. The van der Waals surface area contributed by atoms with E-state index in [0.29, 0.717) is 5.56 Å². The minimum Gasteiger partial charge on any atom is -0.322 e. The van der Waals surface area contributed by atoms with Gasteiger partial charge < -0.3 is 4.98 Å². The molecule has 1 aromatic heterocycles. The standard InChI is InChI=1S/C22H20N2O/c1-14-11-16-7-9-17(12-20(16)24-21(14)25)22(2,13-23)19-10-8-15-5-3-4-6-18(15)19/h3-7,9,11-12,19H,8,10H2,1-2H3,(H,24,25)/t19-,22+/m1/s1. The van der Waals surface area contributed by atoms with Gasteiger partial charge in [0.25, 0.3) is 5.56 Å². The molecule has 0 amide bonds. The fourth-order valence-electron chi connectivity index (χ4n) is 4.13. The molecule has 0 saturated carbocycles. The van der Waals surface area contributed by atoms with Gasteiger partial charge in [0.05, 0.1) is 11.5 Å². The van der Waals surface area contributed by atoms with Crippen molar-refractivity contribution < 1.29 is 0 Å². The van der Waals surface area contributed by atoms with Crippen molar-refractivity contribution >= 4 is 10.9 Å². The number of nitrogens with zero attached hydrogens (tertiary/aromatic N) is 1. The first-order valence-electron chi connectivity index (χ1n) is 8.66. The van der Waals surface area contributed by atoms with Crippen LogP contribution in [0.1, 0.15) is 41.5 Å². The van der Waals surface area contributed by atoms with Gasteiger partial charge in [-0.25, -0.2) is 0 Å². The summed E-state index contributed by atoms with van der Waals surface area (Å²) in [5.41, 5.74) is 4.39. The number of fused-ring (bicyclic) bond motifs is 2. The number of rotatable bonds is 2. The van der Waals surface area contributed by atoms with E-state index in [1.165, 1.54) is 11.1 Å². The summed E-state index contributed by atoms with van der Waals surface area (Å²) in [4.78, 5) is 14.9. The number of benzene rings is 2. The molecule has 0 saturated heterocycles. The Labute approximate surface area is 146 Å². The third-order valence-corrected chi connectivity index (χ3v) is 5.69. The van der Waals surface area contributed by atoms with Crippen LogP contribution in [0, 0.1) is 18.3 Å². The molecule has 3 aromatic rings. The molecular weight excluding hydrogens is 308 g/mol. The number of hydrogen-bond acceptors (Lipinski definition) is 2. The smallest absolute Gasteiger partial charge is 0.251 e. The lowest BCUT2D eigenvalue weighted by molar-refractivity contribution is 0.470. The van der Waals surface area contributed by atoms with E-state index in [4.69, 9.17) is 0 Å². The maximum atomic E-state index is 12.0. The van der Waals surface area contributed by atoms with Gasteiger partial charge in [-0.15, -0.1) is 0 Å². The van der Waals surface area contributed by atoms with E-state index in [0.717, 1.165) is 29.3 Å². The summed E-state index contributed by atoms with van der Waals surface area (Å²) in [6.07, 6.45) is 1.99. The Balaban J connectivity index is 1.86. The van der Waals surface area contributed by atoms with Crippen LogP contribution >= 0.6 is 0 Å². The quantitative estimate of drug-likeness (QED) is 0.760. The van der Waals surface area contributed by atoms with Crippen LogP contribution in [0.2, 0.25) is 0 Å². The summed E-state index contributed by atoms with van der Waals surface area (Å²) in [7, 11) is 0. The highest BCUT2D eigenvalue weighted by atomic mass is 16.1. The zero-order chi connectivity index (χ0) is 17.6. The Morgan fingerprint density at radius 2 is 2.00 bits per heavy atom. The molecule has 2 aromatic carbocycles. The summed E-state index contributed by atoms with van der Waals surface area (Å²) in [6, 6.07) is 18.9. The zero-order valence-corrected chi connectivity index (χ0v) is 14.5. The van der Waals surface area contributed by atoms with Crippen molar-refractivity contribution in [2.24, 2.45) is 0 Å². The molecule has 0 bridgehead atoms. The van der Waals surface area contributed by atoms with Gasteiger partial charge in [0.2, 0.25) is 0 Å². The van der Waals surface area contributed by atoms with Crippen LogP contribution in [-0.2, 0) is 11.8 Å². The van der Waals surface area contributed by atoms with E-state index in [2.05, 4.69) is 35.3 Å². The van der Waals surface area contributed by atoms with Crippen molar-refractivity contribution in [2.45, 2.75) is 38.0 Å². The monoisotopic (exact) mass is 328 g/mol. The first kappa shape index (κ1) is 15.7. The van der Waals surface area contributed by atoms with Crippen LogP contribution in [0.5, 0.6) is 0 Å². The number of pyridine rings is 1. The van der Waals surface area contributed by atoms with E-state index >= 15 is 0 Å². The predicted octanol–water partition coefficient (Wildman–Crippen LogP) is 4.35. The normalized spacial score (nSPS) is 18.5. The molecule has 4 rings (SSSR count). The lowest BCUT2D eigenvalue weighted by atomic mass is 9.70. The van der Waals surface area contributed by atoms with Crippen LogP contribution < -0.4 is 5.56 Å². The number of aryl methyl sites for hydroxylation is 2. The minimum absolute atomic E-state index is 0.0745. The molecule has 0 radical (unpaired) electrons. The van der Waals surface area contributed by atoms with Gasteiger partial charge in [0, 0.05) is 17.0 Å². The number of nitriles is 1. The Kier molecular flexibility index (Phi) is 3.51. The fourth-order valence-corrected chi connectivity index (χ4v) is 4.13. The summed E-state index contributed by atoms with van der Waals surface area (Å²) in [5, 5.41) is 11.1. The van der Waals surface area contributed by atoms with Gasteiger partial charge in [-0.05, 0) is 60.9 Å². The average molecular weight is 328 g/mol. The third-order valence-electron chi connectivity index (χ3n) is 5.69. The highest BCUT2D eigenvalue weighted by molar-refractivity contribution is 5.80. The number of aromatic nitrogens is 1. The van der Waals surface area contributed by atoms with E-state index in [1.54, 1.807) is 6.92 Å². The first-order valence-corrected chi connectivity index (χ1v) is 8.66. The van der Waals surface area contributed by atoms with Crippen LogP contribution in [0.4, 0.5) is 0 Å². The molecule has 0 spiro atoms. The van der Waals surface area contributed by atoms with Crippen molar-refractivity contribution in [1.29, 1.82) is 5.26 Å². The Bertz CT molecular complexity index is 1070. The van der Waals surface area contributed by atoms with Gasteiger partial charge in [0.15, 0.2) is 0 Å². The predicted molar refractivity (Wildman–Crippen MR) is 99.8 cm³/mol. The molecular formula is C22H20N2O. The molecule has 3 heteroatoms. The SMILES string of the molecule is Cc1cc2ccc([C@](C)(C#N)[C@@H]3CCc4ccccc43)cc2[nH]c1=O. The molecule has 2 atom stereocenters. The second-order valence-corrected chi connectivity index (χ2v) is 7.19. The highest BCUT2D eigenvalue weighted by Gasteiger charge is 2.40. The van der Waals surface area contributed by atoms with Crippen molar-refractivity contribution in [1.82, 2.24) is 4.98 Å². The summed E-state index contributed by atoms with van der Waals surface area (Å²) in [6.45, 7) is 3.83. The van der Waals surface area contributed by atoms with E-state index in [-0.39, 0.29) is 11.5 Å². The fraction of sp³-hybridized carbons (Fsp3) is 0.273. The Hall–Kier alpha value is -2.86. The highest BCUT2D eigenvalue weighted by Crippen LogP contribution is 2.46. The molecule has 0 unspecified atom stereocenters. The molecule has 1 heterocycles. The van der Waals surface area contributed by atoms with Crippen LogP contribution in [0.25, 0.3) is 10.9 Å². The molecule has 3 nitrogen and oxygen atoms in total. The van der Waals surface area contributed by atoms with E-state index in [1.807, 2.05) is 31.2 Å². The van der Waals surface area contributed by atoms with Crippen LogP contribution in [-0.4, -0.2) is 4.98 Å². The maximum Gasteiger partial charge on any atom is 0.251 e. The van der Waals surface area contributed by atoms with Gasteiger partial charge in [-0.2, -0.15) is 5.26 Å². The number of nitrogens with one attached hydrogen (secondary N) is 1. The van der Waals surface area contributed by atoms with Crippen LogP contribution in [0.15, 0.2) is 53.3 Å². The average Bonchev–Trinajstić information content (AvgIpc) is 3.06. The lowest BCUT2D eigenvalue weighted by Crippen LogP contribution is -2.27. The third kappa shape index (κ3) is 2.37. The summed E-state index contributed by atoms with van der Waals surface area (Å²) >= 11 is 0. The van der Waals surface area contributed by atoms with Gasteiger partial charge >= 0.3 is 0 Å². The second kappa shape index (κ2) is 5.60. The van der Waals surface area contributed by atoms with E-state index in [9.17, 15) is 10.1 Å². The van der Waals surface area contributed by atoms with Crippen molar-refractivity contribution in [3.05, 3.63) is 81.1 Å². The molecule has 0 aliphatic heterocycles. The minimum atomic E-state index is -0.622. The summed E-state index contributed by atoms with van der Waals surface area (Å²) < 4.78 is 0.